The van der Waals surface area contributed by atoms with Crippen molar-refractivity contribution in [2.24, 2.45) is 5.92 Å². The molecule has 2 rings (SSSR count). The lowest BCUT2D eigenvalue weighted by molar-refractivity contribution is 0.474. The first-order valence-electron chi connectivity index (χ1n) is 6.57. The lowest BCUT2D eigenvalue weighted by Gasteiger charge is -2.14. The van der Waals surface area contributed by atoms with Crippen LogP contribution in [0.1, 0.15) is 16.7 Å². The number of rotatable bonds is 5. The minimum absolute atomic E-state index is 0.331. The molecule has 2 heteroatoms. The van der Waals surface area contributed by atoms with Crippen LogP contribution in [0.3, 0.4) is 0 Å². The molecule has 0 aliphatic carbocycles. The molecule has 1 atom stereocenters. The van der Waals surface area contributed by atoms with E-state index in [1.54, 1.807) is 12.1 Å². The van der Waals surface area contributed by atoms with Crippen LogP contribution in [-0.4, -0.2) is 10.4 Å². The van der Waals surface area contributed by atoms with E-state index in [9.17, 15) is 5.11 Å². The Morgan fingerprint density at radius 3 is 2.32 bits per heavy atom. The van der Waals surface area contributed by atoms with Crippen molar-refractivity contribution in [3.8, 4) is 5.75 Å². The molecule has 2 aromatic carbocycles. The van der Waals surface area contributed by atoms with Crippen LogP contribution in [0, 0.1) is 12.8 Å². The third-order valence-electron chi connectivity index (χ3n) is 3.29. The van der Waals surface area contributed by atoms with Crippen LogP contribution in [0.25, 0.3) is 0 Å². The zero-order chi connectivity index (χ0) is 13.7. The average molecular weight is 319 g/mol. The number of aryl methyl sites for hydroxylation is 1. The fourth-order valence-electron chi connectivity index (χ4n) is 2.32. The van der Waals surface area contributed by atoms with Gasteiger partial charge >= 0.3 is 0 Å². The van der Waals surface area contributed by atoms with Crippen LogP contribution in [0.5, 0.6) is 5.75 Å². The highest BCUT2D eigenvalue weighted by Gasteiger charge is 2.09. The van der Waals surface area contributed by atoms with Crippen molar-refractivity contribution >= 4 is 15.9 Å². The highest BCUT2D eigenvalue weighted by atomic mass is 79.9. The Labute approximate surface area is 123 Å². The fourth-order valence-corrected chi connectivity index (χ4v) is 2.78. The molecular weight excluding hydrogens is 300 g/mol. The zero-order valence-corrected chi connectivity index (χ0v) is 12.7. The Bertz CT molecular complexity index is 519. The van der Waals surface area contributed by atoms with Gasteiger partial charge in [0.2, 0.25) is 0 Å². The molecule has 0 saturated heterocycles. The van der Waals surface area contributed by atoms with Crippen molar-refractivity contribution < 1.29 is 5.11 Å². The highest BCUT2D eigenvalue weighted by molar-refractivity contribution is 9.09. The van der Waals surface area contributed by atoms with Crippen molar-refractivity contribution in [3.05, 3.63) is 65.2 Å². The molecule has 0 amide bonds. The molecule has 1 unspecified atom stereocenters. The van der Waals surface area contributed by atoms with Crippen molar-refractivity contribution in [2.75, 3.05) is 5.33 Å². The van der Waals surface area contributed by atoms with Crippen molar-refractivity contribution in [1.82, 2.24) is 0 Å². The third kappa shape index (κ3) is 4.39. The van der Waals surface area contributed by atoms with Crippen LogP contribution in [-0.2, 0) is 12.8 Å². The van der Waals surface area contributed by atoms with E-state index in [4.69, 9.17) is 0 Å². The van der Waals surface area contributed by atoms with Gasteiger partial charge < -0.3 is 5.11 Å². The van der Waals surface area contributed by atoms with Crippen LogP contribution in [0.15, 0.2) is 48.5 Å². The minimum Gasteiger partial charge on any atom is -0.508 e. The molecule has 0 bridgehead atoms. The molecular formula is C17H19BrO. The predicted molar refractivity (Wildman–Crippen MR) is 84.0 cm³/mol. The lowest BCUT2D eigenvalue weighted by atomic mass is 9.93. The zero-order valence-electron chi connectivity index (χ0n) is 11.1. The summed E-state index contributed by atoms with van der Waals surface area (Å²) in [4.78, 5) is 0. The first-order valence-corrected chi connectivity index (χ1v) is 7.69. The van der Waals surface area contributed by atoms with E-state index in [-0.39, 0.29) is 0 Å². The van der Waals surface area contributed by atoms with Crippen molar-refractivity contribution in [3.63, 3.8) is 0 Å². The number of phenolic OH excluding ortho intramolecular Hbond substituents is 1. The number of hydrogen-bond acceptors (Lipinski definition) is 1. The summed E-state index contributed by atoms with van der Waals surface area (Å²) in [7, 11) is 0. The van der Waals surface area contributed by atoms with E-state index in [1.807, 2.05) is 12.1 Å². The molecule has 0 aromatic heterocycles. The largest absolute Gasteiger partial charge is 0.508 e. The van der Waals surface area contributed by atoms with Crippen LogP contribution in [0.4, 0.5) is 0 Å². The molecule has 0 aliphatic heterocycles. The van der Waals surface area contributed by atoms with E-state index in [0.717, 1.165) is 18.2 Å². The van der Waals surface area contributed by atoms with Crippen molar-refractivity contribution in [1.29, 1.82) is 0 Å². The monoisotopic (exact) mass is 318 g/mol. The quantitative estimate of drug-likeness (QED) is 0.805. The number of alkyl halides is 1. The van der Waals surface area contributed by atoms with Gasteiger partial charge in [-0.1, -0.05) is 57.9 Å². The Morgan fingerprint density at radius 2 is 1.68 bits per heavy atom. The summed E-state index contributed by atoms with van der Waals surface area (Å²) in [5, 5.41) is 10.3. The van der Waals surface area contributed by atoms with E-state index in [0.29, 0.717) is 11.7 Å². The number of aromatic hydroxyl groups is 1. The summed E-state index contributed by atoms with van der Waals surface area (Å²) in [5.41, 5.74) is 3.98. The number of halogens is 1. The van der Waals surface area contributed by atoms with Crippen LogP contribution >= 0.6 is 15.9 Å². The molecule has 0 fully saturated rings. The lowest BCUT2D eigenvalue weighted by Crippen LogP contribution is -2.10. The van der Waals surface area contributed by atoms with E-state index in [2.05, 4.69) is 47.1 Å². The molecule has 0 aliphatic rings. The predicted octanol–water partition coefficient (Wildman–Crippen LogP) is 4.50. The SMILES string of the molecule is Cc1cccc(CC(CBr)Cc2ccc(O)cc2)c1. The summed E-state index contributed by atoms with van der Waals surface area (Å²) < 4.78 is 0. The summed E-state index contributed by atoms with van der Waals surface area (Å²) in [6, 6.07) is 16.2. The molecule has 1 nitrogen and oxygen atoms in total. The molecule has 2 aromatic rings. The van der Waals surface area contributed by atoms with Gasteiger partial charge in [0.05, 0.1) is 0 Å². The van der Waals surface area contributed by atoms with Crippen LogP contribution in [0.2, 0.25) is 0 Å². The summed E-state index contributed by atoms with van der Waals surface area (Å²) in [5.74, 6) is 0.907. The number of hydrogen-bond donors (Lipinski definition) is 1. The summed E-state index contributed by atoms with van der Waals surface area (Å²) in [6.07, 6.45) is 2.10. The van der Waals surface area contributed by atoms with E-state index in [1.165, 1.54) is 16.7 Å². The van der Waals surface area contributed by atoms with Gasteiger partial charge in [0.1, 0.15) is 5.75 Å². The smallest absolute Gasteiger partial charge is 0.115 e. The number of phenols is 1. The van der Waals surface area contributed by atoms with Gasteiger partial charge in [-0.05, 0) is 48.9 Å². The van der Waals surface area contributed by atoms with Crippen LogP contribution < -0.4 is 0 Å². The normalized spacial score (nSPS) is 12.3. The van der Waals surface area contributed by atoms with E-state index >= 15 is 0 Å². The molecule has 0 radical (unpaired) electrons. The van der Waals surface area contributed by atoms with Gasteiger partial charge in [0.25, 0.3) is 0 Å². The average Bonchev–Trinajstić information content (AvgIpc) is 2.40. The third-order valence-corrected chi connectivity index (χ3v) is 4.20. The maximum atomic E-state index is 9.30. The minimum atomic E-state index is 0.331. The molecule has 0 spiro atoms. The molecule has 1 N–H and O–H groups in total. The Balaban J connectivity index is 2.02. The highest BCUT2D eigenvalue weighted by Crippen LogP contribution is 2.19. The van der Waals surface area contributed by atoms with E-state index < -0.39 is 0 Å². The van der Waals surface area contributed by atoms with Gasteiger partial charge in [0.15, 0.2) is 0 Å². The second-order valence-electron chi connectivity index (χ2n) is 5.08. The molecule has 100 valence electrons. The van der Waals surface area contributed by atoms with Gasteiger partial charge in [-0.2, -0.15) is 0 Å². The second-order valence-corrected chi connectivity index (χ2v) is 5.73. The first-order chi connectivity index (χ1) is 9.17. The van der Waals surface area contributed by atoms with Crippen molar-refractivity contribution in [2.45, 2.75) is 19.8 Å². The maximum absolute atomic E-state index is 9.30. The summed E-state index contributed by atoms with van der Waals surface area (Å²) in [6.45, 7) is 2.13. The Kier molecular flexibility index (Phi) is 5.03. The van der Waals surface area contributed by atoms with Gasteiger partial charge in [-0.25, -0.2) is 0 Å². The summed E-state index contributed by atoms with van der Waals surface area (Å²) >= 11 is 3.61. The molecule has 0 saturated carbocycles. The van der Waals surface area contributed by atoms with Gasteiger partial charge in [0, 0.05) is 5.33 Å². The molecule has 19 heavy (non-hydrogen) atoms. The second kappa shape index (κ2) is 6.76. The Morgan fingerprint density at radius 1 is 1.00 bits per heavy atom. The fraction of sp³-hybridized carbons (Fsp3) is 0.294. The molecule has 0 heterocycles. The van der Waals surface area contributed by atoms with Gasteiger partial charge in [-0.15, -0.1) is 0 Å². The topological polar surface area (TPSA) is 20.2 Å². The Hall–Kier alpha value is -1.28. The first kappa shape index (κ1) is 14.1. The number of benzene rings is 2. The van der Waals surface area contributed by atoms with Gasteiger partial charge in [-0.3, -0.25) is 0 Å². The maximum Gasteiger partial charge on any atom is 0.115 e. The standard InChI is InChI=1S/C17H19BrO/c1-13-3-2-4-15(9-13)11-16(12-18)10-14-5-7-17(19)8-6-14/h2-9,16,19H,10-12H2,1H3.